The molecule has 0 aromatic heterocycles. The minimum atomic E-state index is -0.755. The van der Waals surface area contributed by atoms with Crippen molar-refractivity contribution in [2.75, 3.05) is 27.2 Å². The Labute approximate surface area is 106 Å². The second-order valence-corrected chi connectivity index (χ2v) is 4.20. The van der Waals surface area contributed by atoms with Crippen LogP contribution in [0, 0.1) is 10.1 Å². The first kappa shape index (κ1) is 14.4. The summed E-state index contributed by atoms with van der Waals surface area (Å²) in [7, 11) is 3.65. The van der Waals surface area contributed by atoms with Gasteiger partial charge in [-0.05, 0) is 32.6 Å². The number of likely N-dealkylation sites (N-methyl/N-ethyl adjacent to an activating group) is 1. The first-order valence-corrected chi connectivity index (χ1v) is 5.69. The molecule has 0 aliphatic rings. The van der Waals surface area contributed by atoms with Crippen molar-refractivity contribution in [3.8, 4) is 5.75 Å². The summed E-state index contributed by atoms with van der Waals surface area (Å²) >= 11 is 0. The van der Waals surface area contributed by atoms with Crippen LogP contribution in [0.4, 0.5) is 5.69 Å². The Morgan fingerprint density at radius 1 is 1.50 bits per heavy atom. The van der Waals surface area contributed by atoms with E-state index in [1.165, 1.54) is 12.1 Å². The first-order valence-electron chi connectivity index (χ1n) is 5.69. The molecule has 18 heavy (non-hydrogen) atoms. The molecule has 0 amide bonds. The minimum Gasteiger partial charge on any atom is -0.487 e. The first-order chi connectivity index (χ1) is 8.45. The summed E-state index contributed by atoms with van der Waals surface area (Å²) in [5.74, 6) is 0.225. The third-order valence-corrected chi connectivity index (χ3v) is 2.40. The van der Waals surface area contributed by atoms with Gasteiger partial charge in [-0.25, -0.2) is 0 Å². The van der Waals surface area contributed by atoms with E-state index in [9.17, 15) is 15.2 Å². The Balaban J connectivity index is 3.02. The lowest BCUT2D eigenvalue weighted by Crippen LogP contribution is -2.20. The number of nitro benzene ring substituents is 1. The highest BCUT2D eigenvalue weighted by Crippen LogP contribution is 2.30. The second-order valence-electron chi connectivity index (χ2n) is 4.20. The lowest BCUT2D eigenvalue weighted by molar-refractivity contribution is -0.386. The van der Waals surface area contributed by atoms with Crippen LogP contribution < -0.4 is 4.74 Å². The van der Waals surface area contributed by atoms with E-state index < -0.39 is 11.0 Å². The van der Waals surface area contributed by atoms with E-state index in [1.807, 2.05) is 19.0 Å². The number of ether oxygens (including phenoxy) is 1. The molecule has 100 valence electrons. The van der Waals surface area contributed by atoms with Crippen LogP contribution >= 0.6 is 0 Å². The van der Waals surface area contributed by atoms with Crippen LogP contribution in [0.3, 0.4) is 0 Å². The molecule has 0 saturated heterocycles. The average molecular weight is 254 g/mol. The fraction of sp³-hybridized carbons (Fsp3) is 0.500. The van der Waals surface area contributed by atoms with Gasteiger partial charge in [0.15, 0.2) is 5.75 Å². The Bertz CT molecular complexity index is 421. The molecule has 0 bridgehead atoms. The van der Waals surface area contributed by atoms with Crippen molar-refractivity contribution >= 4 is 5.69 Å². The zero-order chi connectivity index (χ0) is 13.7. The molecule has 6 heteroatoms. The van der Waals surface area contributed by atoms with Gasteiger partial charge >= 0.3 is 5.69 Å². The van der Waals surface area contributed by atoms with Crippen LogP contribution in [0.2, 0.25) is 0 Å². The predicted octanol–water partition coefficient (Wildman–Crippen LogP) is 1.59. The van der Waals surface area contributed by atoms with Gasteiger partial charge in [0.2, 0.25) is 0 Å². The number of nitro groups is 1. The van der Waals surface area contributed by atoms with Gasteiger partial charge in [0.05, 0.1) is 17.6 Å². The lowest BCUT2D eigenvalue weighted by atomic mass is 10.1. The monoisotopic (exact) mass is 254 g/mol. The van der Waals surface area contributed by atoms with E-state index in [0.29, 0.717) is 18.7 Å². The minimum absolute atomic E-state index is 0.118. The molecule has 6 nitrogen and oxygen atoms in total. The number of hydrogen-bond donors (Lipinski definition) is 1. The molecule has 1 aromatic rings. The van der Waals surface area contributed by atoms with Gasteiger partial charge in [-0.1, -0.05) is 6.07 Å². The summed E-state index contributed by atoms with van der Waals surface area (Å²) in [5, 5.41) is 20.8. The molecule has 1 atom stereocenters. The van der Waals surface area contributed by atoms with Crippen molar-refractivity contribution in [3.05, 3.63) is 33.9 Å². The van der Waals surface area contributed by atoms with Crippen LogP contribution in [0.1, 0.15) is 18.6 Å². The van der Waals surface area contributed by atoms with Crippen molar-refractivity contribution in [2.24, 2.45) is 0 Å². The van der Waals surface area contributed by atoms with Crippen molar-refractivity contribution < 1.29 is 14.8 Å². The summed E-state index contributed by atoms with van der Waals surface area (Å²) in [4.78, 5) is 12.2. The van der Waals surface area contributed by atoms with Gasteiger partial charge in [0.25, 0.3) is 0 Å². The molecule has 1 N–H and O–H groups in total. The highest BCUT2D eigenvalue weighted by Gasteiger charge is 2.19. The van der Waals surface area contributed by atoms with Crippen molar-refractivity contribution in [2.45, 2.75) is 13.0 Å². The molecular weight excluding hydrogens is 236 g/mol. The smallest absolute Gasteiger partial charge is 0.311 e. The topological polar surface area (TPSA) is 75.8 Å². The largest absolute Gasteiger partial charge is 0.487 e. The van der Waals surface area contributed by atoms with E-state index in [4.69, 9.17) is 4.74 Å². The Morgan fingerprint density at radius 2 is 2.17 bits per heavy atom. The summed E-state index contributed by atoms with van der Waals surface area (Å²) in [6, 6.07) is 4.53. The van der Waals surface area contributed by atoms with Crippen LogP contribution in [0.25, 0.3) is 0 Å². The fourth-order valence-corrected chi connectivity index (χ4v) is 1.61. The molecule has 0 radical (unpaired) electrons. The van der Waals surface area contributed by atoms with Gasteiger partial charge in [-0.15, -0.1) is 0 Å². The summed E-state index contributed by atoms with van der Waals surface area (Å²) in [6.07, 6.45) is -0.755. The van der Waals surface area contributed by atoms with Crippen molar-refractivity contribution in [1.82, 2.24) is 4.90 Å². The van der Waals surface area contributed by atoms with Crippen molar-refractivity contribution in [3.63, 3.8) is 0 Å². The summed E-state index contributed by atoms with van der Waals surface area (Å²) in [5.41, 5.74) is 0.394. The SMILES string of the molecule is CCOc1ccc(C(O)CN(C)C)cc1[N+](=O)[O-]. The maximum atomic E-state index is 10.9. The van der Waals surface area contributed by atoms with Crippen LogP contribution in [-0.4, -0.2) is 42.2 Å². The lowest BCUT2D eigenvalue weighted by Gasteiger charge is -2.16. The quantitative estimate of drug-likeness (QED) is 0.616. The Morgan fingerprint density at radius 3 is 2.67 bits per heavy atom. The third-order valence-electron chi connectivity index (χ3n) is 2.40. The molecule has 0 heterocycles. The second kappa shape index (κ2) is 6.32. The normalized spacial score (nSPS) is 12.5. The zero-order valence-electron chi connectivity index (χ0n) is 10.8. The number of aliphatic hydroxyl groups excluding tert-OH is 1. The fourth-order valence-electron chi connectivity index (χ4n) is 1.61. The van der Waals surface area contributed by atoms with E-state index >= 15 is 0 Å². The molecule has 0 saturated carbocycles. The highest BCUT2D eigenvalue weighted by atomic mass is 16.6. The van der Waals surface area contributed by atoms with Gasteiger partial charge in [-0.2, -0.15) is 0 Å². The third kappa shape index (κ3) is 3.68. The average Bonchev–Trinajstić information content (AvgIpc) is 2.28. The maximum Gasteiger partial charge on any atom is 0.311 e. The van der Waals surface area contributed by atoms with E-state index in [0.717, 1.165) is 0 Å². The predicted molar refractivity (Wildman–Crippen MR) is 67.8 cm³/mol. The summed E-state index contributed by atoms with van der Waals surface area (Å²) < 4.78 is 5.18. The molecule has 1 rings (SSSR count). The van der Waals surface area contributed by atoms with E-state index in [-0.39, 0.29) is 11.4 Å². The number of nitrogens with zero attached hydrogens (tertiary/aromatic N) is 2. The van der Waals surface area contributed by atoms with Crippen LogP contribution in [-0.2, 0) is 0 Å². The van der Waals surface area contributed by atoms with E-state index in [2.05, 4.69) is 0 Å². The molecule has 1 unspecified atom stereocenters. The highest BCUT2D eigenvalue weighted by molar-refractivity contribution is 5.49. The van der Waals surface area contributed by atoms with Gasteiger partial charge in [0.1, 0.15) is 0 Å². The van der Waals surface area contributed by atoms with Crippen molar-refractivity contribution in [1.29, 1.82) is 0 Å². The summed E-state index contributed by atoms with van der Waals surface area (Å²) in [6.45, 7) is 2.53. The van der Waals surface area contributed by atoms with Crippen LogP contribution in [0.5, 0.6) is 5.75 Å². The zero-order valence-corrected chi connectivity index (χ0v) is 10.8. The molecule has 0 fully saturated rings. The molecule has 0 spiro atoms. The molecular formula is C12H18N2O4. The molecule has 0 aliphatic heterocycles. The van der Waals surface area contributed by atoms with Gasteiger partial charge in [0, 0.05) is 12.6 Å². The number of hydrogen-bond acceptors (Lipinski definition) is 5. The van der Waals surface area contributed by atoms with Crippen LogP contribution in [0.15, 0.2) is 18.2 Å². The molecule has 0 aliphatic carbocycles. The number of rotatable bonds is 6. The standard InChI is InChI=1S/C12H18N2O4/c1-4-18-12-6-5-9(7-10(12)14(16)17)11(15)8-13(2)3/h5-7,11,15H,4,8H2,1-3H3. The maximum absolute atomic E-state index is 10.9. The van der Waals surface area contributed by atoms with E-state index in [1.54, 1.807) is 13.0 Å². The Kier molecular flexibility index (Phi) is 5.06. The molecule has 1 aromatic carbocycles. The number of benzene rings is 1. The van der Waals surface area contributed by atoms with Gasteiger partial charge in [-0.3, -0.25) is 10.1 Å². The number of aliphatic hydroxyl groups is 1. The Hall–Kier alpha value is -1.66. The van der Waals surface area contributed by atoms with Gasteiger partial charge < -0.3 is 14.7 Å².